The summed E-state index contributed by atoms with van der Waals surface area (Å²) in [6, 6.07) is 8.12. The number of fused-ring (bicyclic) bond motifs is 1. The highest BCUT2D eigenvalue weighted by molar-refractivity contribution is 5.36. The van der Waals surface area contributed by atoms with Gasteiger partial charge in [0.1, 0.15) is 0 Å². The van der Waals surface area contributed by atoms with Crippen molar-refractivity contribution in [2.24, 2.45) is 5.73 Å². The van der Waals surface area contributed by atoms with Gasteiger partial charge >= 0.3 is 0 Å². The standard InChI is InChI=1S/C11H15NO/c12-6-5-8-7-11(13)10-4-2-1-3-9(8)10/h1-4,8,11,13H,5-7,12H2. The number of nitrogens with two attached hydrogens (primary N) is 1. The molecule has 2 heteroatoms. The molecule has 0 amide bonds. The summed E-state index contributed by atoms with van der Waals surface area (Å²) in [5.41, 5.74) is 7.92. The molecule has 0 fully saturated rings. The molecule has 2 rings (SSSR count). The zero-order chi connectivity index (χ0) is 9.26. The van der Waals surface area contributed by atoms with Gasteiger partial charge in [0, 0.05) is 0 Å². The molecule has 1 aliphatic carbocycles. The zero-order valence-corrected chi connectivity index (χ0v) is 7.61. The lowest BCUT2D eigenvalue weighted by Crippen LogP contribution is -2.04. The van der Waals surface area contributed by atoms with Crippen molar-refractivity contribution >= 4 is 0 Å². The van der Waals surface area contributed by atoms with E-state index in [1.807, 2.05) is 18.2 Å². The van der Waals surface area contributed by atoms with Gasteiger partial charge in [-0.1, -0.05) is 24.3 Å². The molecule has 0 radical (unpaired) electrons. The van der Waals surface area contributed by atoms with Crippen LogP contribution in [0.15, 0.2) is 24.3 Å². The van der Waals surface area contributed by atoms with E-state index >= 15 is 0 Å². The van der Waals surface area contributed by atoms with Crippen molar-refractivity contribution < 1.29 is 5.11 Å². The van der Waals surface area contributed by atoms with Crippen LogP contribution in [0.5, 0.6) is 0 Å². The third-order valence-electron chi connectivity index (χ3n) is 2.82. The molecule has 2 nitrogen and oxygen atoms in total. The number of aliphatic hydroxyl groups excluding tert-OH is 1. The Labute approximate surface area is 78.4 Å². The summed E-state index contributed by atoms with van der Waals surface area (Å²) in [6.07, 6.45) is 1.55. The Balaban J connectivity index is 2.30. The van der Waals surface area contributed by atoms with Crippen LogP contribution in [0, 0.1) is 0 Å². The second-order valence-corrected chi connectivity index (χ2v) is 3.65. The van der Waals surface area contributed by atoms with Crippen molar-refractivity contribution in [1.29, 1.82) is 0 Å². The molecular weight excluding hydrogens is 162 g/mol. The molecule has 1 aliphatic rings. The third-order valence-corrected chi connectivity index (χ3v) is 2.82. The van der Waals surface area contributed by atoms with Crippen LogP contribution < -0.4 is 5.73 Å². The lowest BCUT2D eigenvalue weighted by atomic mass is 9.98. The zero-order valence-electron chi connectivity index (χ0n) is 7.61. The van der Waals surface area contributed by atoms with Crippen molar-refractivity contribution in [3.63, 3.8) is 0 Å². The Bertz CT molecular complexity index is 298. The van der Waals surface area contributed by atoms with Crippen LogP contribution in [0.2, 0.25) is 0 Å². The highest BCUT2D eigenvalue weighted by atomic mass is 16.3. The molecular formula is C11H15NO. The highest BCUT2D eigenvalue weighted by Gasteiger charge is 2.28. The van der Waals surface area contributed by atoms with Gasteiger partial charge in [-0.15, -0.1) is 0 Å². The minimum absolute atomic E-state index is 0.271. The lowest BCUT2D eigenvalue weighted by Gasteiger charge is -2.08. The summed E-state index contributed by atoms with van der Waals surface area (Å²) in [5, 5.41) is 9.74. The number of rotatable bonds is 2. The molecule has 0 saturated carbocycles. The summed E-state index contributed by atoms with van der Waals surface area (Å²) < 4.78 is 0. The summed E-state index contributed by atoms with van der Waals surface area (Å²) in [7, 11) is 0. The molecule has 70 valence electrons. The first kappa shape index (κ1) is 8.73. The third kappa shape index (κ3) is 1.47. The van der Waals surface area contributed by atoms with Crippen LogP contribution in [0.3, 0.4) is 0 Å². The second kappa shape index (κ2) is 3.48. The number of hydrogen-bond donors (Lipinski definition) is 2. The van der Waals surface area contributed by atoms with Crippen molar-refractivity contribution in [1.82, 2.24) is 0 Å². The van der Waals surface area contributed by atoms with Crippen LogP contribution in [-0.2, 0) is 0 Å². The minimum atomic E-state index is -0.271. The van der Waals surface area contributed by atoms with Gasteiger partial charge in [0.25, 0.3) is 0 Å². The smallest absolute Gasteiger partial charge is 0.0798 e. The van der Waals surface area contributed by atoms with Gasteiger partial charge in [0.15, 0.2) is 0 Å². The van der Waals surface area contributed by atoms with E-state index in [-0.39, 0.29) is 6.10 Å². The Hall–Kier alpha value is -0.860. The Morgan fingerprint density at radius 2 is 2.00 bits per heavy atom. The summed E-state index contributed by atoms with van der Waals surface area (Å²) in [6.45, 7) is 0.700. The number of benzene rings is 1. The molecule has 2 unspecified atom stereocenters. The molecule has 3 N–H and O–H groups in total. The maximum Gasteiger partial charge on any atom is 0.0798 e. The van der Waals surface area contributed by atoms with Gasteiger partial charge in [-0.2, -0.15) is 0 Å². The van der Waals surface area contributed by atoms with Gasteiger partial charge in [0.2, 0.25) is 0 Å². The molecule has 2 atom stereocenters. The topological polar surface area (TPSA) is 46.2 Å². The first-order valence-electron chi connectivity index (χ1n) is 4.80. The molecule has 1 aromatic rings. The van der Waals surface area contributed by atoms with E-state index in [1.54, 1.807) is 0 Å². The maximum atomic E-state index is 9.74. The fraction of sp³-hybridized carbons (Fsp3) is 0.455. The Morgan fingerprint density at radius 1 is 1.31 bits per heavy atom. The predicted octanol–water partition coefficient (Wildman–Crippen LogP) is 1.56. The summed E-state index contributed by atoms with van der Waals surface area (Å²) >= 11 is 0. The van der Waals surface area contributed by atoms with Crippen LogP contribution in [0.25, 0.3) is 0 Å². The van der Waals surface area contributed by atoms with Gasteiger partial charge in [-0.25, -0.2) is 0 Å². The first-order chi connectivity index (χ1) is 6.33. The van der Waals surface area contributed by atoms with Crippen molar-refractivity contribution in [2.45, 2.75) is 24.9 Å². The monoisotopic (exact) mass is 177 g/mol. The predicted molar refractivity (Wildman–Crippen MR) is 52.4 cm³/mol. The largest absolute Gasteiger partial charge is 0.388 e. The van der Waals surface area contributed by atoms with Crippen LogP contribution in [0.1, 0.15) is 36.0 Å². The van der Waals surface area contributed by atoms with Crippen molar-refractivity contribution in [3.05, 3.63) is 35.4 Å². The van der Waals surface area contributed by atoms with Crippen LogP contribution >= 0.6 is 0 Å². The van der Waals surface area contributed by atoms with E-state index in [2.05, 4.69) is 6.07 Å². The van der Waals surface area contributed by atoms with E-state index in [9.17, 15) is 5.11 Å². The Morgan fingerprint density at radius 3 is 2.69 bits per heavy atom. The summed E-state index contributed by atoms with van der Waals surface area (Å²) in [5.74, 6) is 0.469. The average Bonchev–Trinajstić information content (AvgIpc) is 2.46. The quantitative estimate of drug-likeness (QED) is 0.720. The molecule has 0 saturated heterocycles. The Kier molecular flexibility index (Phi) is 2.34. The van der Waals surface area contributed by atoms with Crippen molar-refractivity contribution in [2.75, 3.05) is 6.54 Å². The molecule has 0 spiro atoms. The average molecular weight is 177 g/mol. The summed E-state index contributed by atoms with van der Waals surface area (Å²) in [4.78, 5) is 0. The minimum Gasteiger partial charge on any atom is -0.388 e. The first-order valence-corrected chi connectivity index (χ1v) is 4.80. The van der Waals surface area contributed by atoms with E-state index in [0.29, 0.717) is 12.5 Å². The fourth-order valence-electron chi connectivity index (χ4n) is 2.18. The fourth-order valence-corrected chi connectivity index (χ4v) is 2.18. The molecule has 0 heterocycles. The van der Waals surface area contributed by atoms with Crippen LogP contribution in [-0.4, -0.2) is 11.7 Å². The molecule has 0 bridgehead atoms. The number of aliphatic hydroxyl groups is 1. The number of hydrogen-bond acceptors (Lipinski definition) is 2. The van der Waals surface area contributed by atoms with E-state index < -0.39 is 0 Å². The normalized spacial score (nSPS) is 26.0. The maximum absolute atomic E-state index is 9.74. The SMILES string of the molecule is NCCC1CC(O)c2ccccc21. The van der Waals surface area contributed by atoms with Crippen molar-refractivity contribution in [3.8, 4) is 0 Å². The van der Waals surface area contributed by atoms with Gasteiger partial charge in [-0.05, 0) is 36.4 Å². The van der Waals surface area contributed by atoms with Gasteiger partial charge in [-0.3, -0.25) is 0 Å². The van der Waals surface area contributed by atoms with Gasteiger partial charge in [0.05, 0.1) is 6.10 Å². The molecule has 0 aromatic heterocycles. The lowest BCUT2D eigenvalue weighted by molar-refractivity contribution is 0.172. The molecule has 0 aliphatic heterocycles. The highest BCUT2D eigenvalue weighted by Crippen LogP contribution is 2.41. The second-order valence-electron chi connectivity index (χ2n) is 3.65. The van der Waals surface area contributed by atoms with E-state index in [1.165, 1.54) is 5.56 Å². The molecule has 1 aromatic carbocycles. The van der Waals surface area contributed by atoms with E-state index in [4.69, 9.17) is 5.73 Å². The van der Waals surface area contributed by atoms with E-state index in [0.717, 1.165) is 18.4 Å². The van der Waals surface area contributed by atoms with Gasteiger partial charge < -0.3 is 10.8 Å². The van der Waals surface area contributed by atoms with Crippen LogP contribution in [0.4, 0.5) is 0 Å². The molecule has 13 heavy (non-hydrogen) atoms.